The van der Waals surface area contributed by atoms with E-state index in [4.69, 9.17) is 21.1 Å². The van der Waals surface area contributed by atoms with Gasteiger partial charge in [-0.25, -0.2) is 0 Å². The third kappa shape index (κ3) is 5.06. The van der Waals surface area contributed by atoms with Gasteiger partial charge in [0.15, 0.2) is 11.5 Å². The smallest absolute Gasteiger partial charge is 0.279 e. The lowest BCUT2D eigenvalue weighted by Gasteiger charge is -2.12. The summed E-state index contributed by atoms with van der Waals surface area (Å²) in [5, 5.41) is 0.311. The Morgan fingerprint density at radius 1 is 1.14 bits per heavy atom. The number of benzene rings is 2. The van der Waals surface area contributed by atoms with Gasteiger partial charge in [-0.15, -0.1) is 0 Å². The second-order valence-electron chi connectivity index (χ2n) is 6.51. The summed E-state index contributed by atoms with van der Waals surface area (Å²) < 4.78 is 12.8. The molecule has 1 heterocycles. The summed E-state index contributed by atoms with van der Waals surface area (Å²) in [6.45, 7) is 4.96. The van der Waals surface area contributed by atoms with Gasteiger partial charge in [-0.2, -0.15) is 4.99 Å². The number of rotatable bonds is 6. The highest BCUT2D eigenvalue weighted by Crippen LogP contribution is 2.36. The number of carbonyl (C=O) groups is 1. The average molecular weight is 411 g/mol. The molecule has 2 aromatic carbocycles. The zero-order valence-corrected chi connectivity index (χ0v) is 17.4. The predicted molar refractivity (Wildman–Crippen MR) is 114 cm³/mol. The van der Waals surface area contributed by atoms with Crippen LogP contribution in [0.15, 0.2) is 65.8 Å². The maximum atomic E-state index is 12.8. The minimum Gasteiger partial charge on any atom is -0.493 e. The lowest BCUT2D eigenvalue weighted by atomic mass is 10.1. The first-order valence-electron chi connectivity index (χ1n) is 9.32. The summed E-state index contributed by atoms with van der Waals surface area (Å²) in [6, 6.07) is 17.0. The van der Waals surface area contributed by atoms with Crippen molar-refractivity contribution in [3.63, 3.8) is 0 Å². The number of ether oxygens (including phenoxy) is 2. The number of amides is 1. The first kappa shape index (κ1) is 20.7. The number of hydrogen-bond acceptors (Lipinski definition) is 3. The second-order valence-corrected chi connectivity index (χ2v) is 6.92. The third-order valence-corrected chi connectivity index (χ3v) is 4.65. The van der Waals surface area contributed by atoms with E-state index in [0.29, 0.717) is 40.7 Å². The van der Waals surface area contributed by atoms with Crippen LogP contribution in [0, 0.1) is 6.92 Å². The molecule has 0 fully saturated rings. The molecule has 0 spiro atoms. The van der Waals surface area contributed by atoms with Crippen molar-refractivity contribution in [2.45, 2.75) is 20.4 Å². The Bertz CT molecular complexity index is 1070. The van der Waals surface area contributed by atoms with E-state index in [1.165, 1.54) is 12.7 Å². The summed E-state index contributed by atoms with van der Waals surface area (Å²) in [5.41, 5.74) is 3.22. The molecule has 5 nitrogen and oxygen atoms in total. The zero-order chi connectivity index (χ0) is 20.8. The summed E-state index contributed by atoms with van der Waals surface area (Å²) in [6.07, 6.45) is 1.90. The molecule has 0 aliphatic carbocycles. The van der Waals surface area contributed by atoms with Crippen LogP contribution in [-0.2, 0) is 6.54 Å². The molecule has 0 radical (unpaired) electrons. The van der Waals surface area contributed by atoms with Gasteiger partial charge in [0.25, 0.3) is 5.91 Å². The zero-order valence-electron chi connectivity index (χ0n) is 16.7. The number of nitrogens with zero attached hydrogens (tertiary/aromatic N) is 2. The Labute approximate surface area is 175 Å². The topological polar surface area (TPSA) is 52.8 Å². The Kier molecular flexibility index (Phi) is 6.73. The molecule has 0 atom stereocenters. The Morgan fingerprint density at radius 3 is 2.59 bits per heavy atom. The van der Waals surface area contributed by atoms with Crippen molar-refractivity contribution in [1.29, 1.82) is 0 Å². The number of halogens is 1. The number of methoxy groups -OCH3 is 1. The Morgan fingerprint density at radius 2 is 1.90 bits per heavy atom. The molecule has 3 aromatic rings. The molecule has 0 aliphatic heterocycles. The molecule has 6 heteroatoms. The summed E-state index contributed by atoms with van der Waals surface area (Å²) in [5.74, 6) is 0.415. The molecule has 3 rings (SSSR count). The summed E-state index contributed by atoms with van der Waals surface area (Å²) >= 11 is 6.29. The molecule has 1 aromatic heterocycles. The predicted octanol–water partition coefficient (Wildman–Crippen LogP) is 4.65. The van der Waals surface area contributed by atoms with Gasteiger partial charge in [0.1, 0.15) is 5.49 Å². The van der Waals surface area contributed by atoms with Crippen molar-refractivity contribution in [1.82, 2.24) is 4.57 Å². The van der Waals surface area contributed by atoms with Gasteiger partial charge in [0.2, 0.25) is 0 Å². The van der Waals surface area contributed by atoms with E-state index in [-0.39, 0.29) is 0 Å². The minimum absolute atomic E-state index is 0.311. The first-order valence-corrected chi connectivity index (χ1v) is 9.70. The lowest BCUT2D eigenvalue weighted by Crippen LogP contribution is -2.22. The van der Waals surface area contributed by atoms with Crippen molar-refractivity contribution in [2.24, 2.45) is 4.99 Å². The number of aromatic nitrogens is 1. The van der Waals surface area contributed by atoms with Gasteiger partial charge < -0.3 is 14.0 Å². The molecule has 150 valence electrons. The van der Waals surface area contributed by atoms with Crippen molar-refractivity contribution >= 4 is 17.5 Å². The van der Waals surface area contributed by atoms with Crippen LogP contribution < -0.4 is 15.0 Å². The van der Waals surface area contributed by atoms with Gasteiger partial charge in [0.05, 0.1) is 18.7 Å². The molecular weight excluding hydrogens is 388 g/mol. The monoisotopic (exact) mass is 410 g/mol. The number of pyridine rings is 1. The van der Waals surface area contributed by atoms with E-state index in [1.54, 1.807) is 18.2 Å². The van der Waals surface area contributed by atoms with Crippen molar-refractivity contribution in [2.75, 3.05) is 13.7 Å². The summed E-state index contributed by atoms with van der Waals surface area (Å²) in [4.78, 5) is 17.1. The van der Waals surface area contributed by atoms with Crippen LogP contribution in [-0.4, -0.2) is 24.2 Å². The minimum atomic E-state index is -0.405. The molecule has 0 saturated heterocycles. The molecule has 0 bridgehead atoms. The van der Waals surface area contributed by atoms with Gasteiger partial charge in [-0.3, -0.25) is 4.79 Å². The van der Waals surface area contributed by atoms with Crippen molar-refractivity contribution in [3.8, 4) is 11.5 Å². The highest BCUT2D eigenvalue weighted by atomic mass is 35.5. The van der Waals surface area contributed by atoms with Gasteiger partial charge in [-0.05, 0) is 43.7 Å². The summed E-state index contributed by atoms with van der Waals surface area (Å²) in [7, 11) is 1.51. The Balaban J connectivity index is 1.95. The van der Waals surface area contributed by atoms with E-state index >= 15 is 0 Å². The van der Waals surface area contributed by atoms with Crippen LogP contribution in [0.3, 0.4) is 0 Å². The second kappa shape index (κ2) is 9.43. The highest BCUT2D eigenvalue weighted by Gasteiger charge is 2.15. The van der Waals surface area contributed by atoms with E-state index in [2.05, 4.69) is 36.2 Å². The number of carbonyl (C=O) groups excluding carboxylic acids is 1. The lowest BCUT2D eigenvalue weighted by molar-refractivity contribution is 0.0996. The molecule has 0 aliphatic rings. The number of aryl methyl sites for hydroxylation is 1. The highest BCUT2D eigenvalue weighted by molar-refractivity contribution is 6.32. The van der Waals surface area contributed by atoms with Crippen molar-refractivity contribution < 1.29 is 14.3 Å². The molecule has 1 amide bonds. The fourth-order valence-corrected chi connectivity index (χ4v) is 3.15. The Hall–Kier alpha value is -3.05. The molecular formula is C23H23ClN2O3. The fourth-order valence-electron chi connectivity index (χ4n) is 2.89. The normalized spacial score (nSPS) is 11.4. The van der Waals surface area contributed by atoms with Gasteiger partial charge in [0, 0.05) is 18.3 Å². The van der Waals surface area contributed by atoms with Crippen LogP contribution in [0.5, 0.6) is 11.5 Å². The molecule has 0 N–H and O–H groups in total. The third-order valence-electron chi connectivity index (χ3n) is 4.37. The van der Waals surface area contributed by atoms with E-state index < -0.39 is 5.91 Å². The maximum Gasteiger partial charge on any atom is 0.279 e. The van der Waals surface area contributed by atoms with Crippen molar-refractivity contribution in [3.05, 3.63) is 88.0 Å². The molecule has 0 saturated carbocycles. The quantitative estimate of drug-likeness (QED) is 0.594. The van der Waals surface area contributed by atoms with Crippen LogP contribution in [0.1, 0.15) is 28.4 Å². The standard InChI is InChI=1S/C23H23ClN2O3/c1-4-29-22-19(24)13-18(14-20(22)28-3)23(27)25-21-7-5-6-12-26(21)15-17-10-8-16(2)9-11-17/h5-14H,4,15H2,1-3H3. The van der Waals surface area contributed by atoms with Gasteiger partial charge in [-0.1, -0.05) is 47.5 Å². The largest absolute Gasteiger partial charge is 0.493 e. The molecule has 0 unspecified atom stereocenters. The fraction of sp³-hybridized carbons (Fsp3) is 0.217. The van der Waals surface area contributed by atoms with Crippen LogP contribution in [0.4, 0.5) is 0 Å². The van der Waals surface area contributed by atoms with Crippen LogP contribution in [0.25, 0.3) is 0 Å². The van der Waals surface area contributed by atoms with E-state index in [1.807, 2.05) is 29.8 Å². The van der Waals surface area contributed by atoms with Crippen LogP contribution in [0.2, 0.25) is 5.02 Å². The van der Waals surface area contributed by atoms with E-state index in [9.17, 15) is 4.79 Å². The van der Waals surface area contributed by atoms with Crippen LogP contribution >= 0.6 is 11.6 Å². The van der Waals surface area contributed by atoms with E-state index in [0.717, 1.165) is 5.56 Å². The first-order chi connectivity index (χ1) is 14.0. The average Bonchev–Trinajstić information content (AvgIpc) is 2.72. The SMILES string of the molecule is CCOc1c(Cl)cc(C(=O)N=c2ccccn2Cc2ccc(C)cc2)cc1OC. The van der Waals surface area contributed by atoms with Gasteiger partial charge >= 0.3 is 0 Å². The number of hydrogen-bond donors (Lipinski definition) is 0. The maximum absolute atomic E-state index is 12.8. The molecule has 29 heavy (non-hydrogen) atoms.